The van der Waals surface area contributed by atoms with Crippen molar-refractivity contribution in [3.63, 3.8) is 0 Å². The van der Waals surface area contributed by atoms with E-state index in [0.717, 1.165) is 5.56 Å². The van der Waals surface area contributed by atoms with Gasteiger partial charge in [-0.15, -0.1) is 0 Å². The van der Waals surface area contributed by atoms with Gasteiger partial charge in [0.1, 0.15) is 12.4 Å². The van der Waals surface area contributed by atoms with Crippen LogP contribution in [-0.4, -0.2) is 16.8 Å². The van der Waals surface area contributed by atoms with Gasteiger partial charge >= 0.3 is 5.69 Å². The minimum absolute atomic E-state index is 0.155. The van der Waals surface area contributed by atoms with Crippen LogP contribution < -0.4 is 21.4 Å². The Balaban J connectivity index is 2.20. The third-order valence-corrected chi connectivity index (χ3v) is 2.37. The highest BCUT2D eigenvalue weighted by Gasteiger charge is 2.04. The lowest BCUT2D eigenvalue weighted by Gasteiger charge is -2.07. The van der Waals surface area contributed by atoms with E-state index in [4.69, 9.17) is 4.84 Å². The van der Waals surface area contributed by atoms with E-state index in [1.807, 2.05) is 30.3 Å². The molecule has 0 bridgehead atoms. The largest absolute Gasteiger partial charge is 0.401 e. The molecule has 0 saturated carbocycles. The van der Waals surface area contributed by atoms with Gasteiger partial charge in [0.2, 0.25) is 0 Å². The molecule has 0 radical (unpaired) electrons. The monoisotopic (exact) mass is 247 g/mol. The second-order valence-corrected chi connectivity index (χ2v) is 3.63. The molecular formula is C12H13N3O3. The second kappa shape index (κ2) is 5.22. The van der Waals surface area contributed by atoms with Gasteiger partial charge in [-0.2, -0.15) is 0 Å². The molecule has 0 spiro atoms. The number of aromatic amines is 1. The molecule has 2 N–H and O–H groups in total. The fourth-order valence-corrected chi connectivity index (χ4v) is 1.45. The van der Waals surface area contributed by atoms with Crippen molar-refractivity contribution in [3.05, 3.63) is 62.8 Å². The Hall–Kier alpha value is -2.50. The zero-order valence-corrected chi connectivity index (χ0v) is 9.84. The summed E-state index contributed by atoms with van der Waals surface area (Å²) < 4.78 is 0.702. The van der Waals surface area contributed by atoms with Crippen molar-refractivity contribution >= 4 is 5.82 Å². The summed E-state index contributed by atoms with van der Waals surface area (Å²) in [4.78, 5) is 30.9. The van der Waals surface area contributed by atoms with Crippen LogP contribution in [0.1, 0.15) is 5.56 Å². The molecule has 0 aliphatic rings. The number of rotatable bonds is 4. The first kappa shape index (κ1) is 12.0. The summed E-state index contributed by atoms with van der Waals surface area (Å²) in [5, 5.41) is 2.69. The molecule has 1 aromatic heterocycles. The van der Waals surface area contributed by atoms with E-state index >= 15 is 0 Å². The van der Waals surface area contributed by atoms with E-state index in [1.165, 1.54) is 6.07 Å². The van der Waals surface area contributed by atoms with Crippen LogP contribution in [0.3, 0.4) is 0 Å². The first-order valence-electron chi connectivity index (χ1n) is 5.42. The Labute approximate surface area is 103 Å². The Morgan fingerprint density at radius 1 is 1.28 bits per heavy atom. The molecule has 6 heteroatoms. The van der Waals surface area contributed by atoms with Gasteiger partial charge in [0.05, 0.1) is 0 Å². The van der Waals surface area contributed by atoms with Crippen molar-refractivity contribution in [3.8, 4) is 0 Å². The Morgan fingerprint density at radius 3 is 2.61 bits per heavy atom. The molecule has 18 heavy (non-hydrogen) atoms. The van der Waals surface area contributed by atoms with Crippen LogP contribution in [0.2, 0.25) is 0 Å². The van der Waals surface area contributed by atoms with Gasteiger partial charge in [-0.3, -0.25) is 9.78 Å². The highest BCUT2D eigenvalue weighted by Crippen LogP contribution is 1.97. The summed E-state index contributed by atoms with van der Waals surface area (Å²) in [6.45, 7) is 0.155. The Kier molecular flexibility index (Phi) is 3.47. The summed E-state index contributed by atoms with van der Waals surface area (Å²) >= 11 is 0. The fraction of sp³-hybridized carbons (Fsp3) is 0.167. The minimum atomic E-state index is -0.609. The maximum atomic E-state index is 11.6. The predicted octanol–water partition coefficient (Wildman–Crippen LogP) is 0.207. The first-order valence-corrected chi connectivity index (χ1v) is 5.42. The van der Waals surface area contributed by atoms with Gasteiger partial charge in [0.25, 0.3) is 5.56 Å². The molecule has 0 fully saturated rings. The van der Waals surface area contributed by atoms with E-state index < -0.39 is 11.2 Å². The lowest BCUT2D eigenvalue weighted by Crippen LogP contribution is -2.39. The lowest BCUT2D eigenvalue weighted by atomic mass is 10.2. The molecule has 0 saturated heterocycles. The zero-order valence-electron chi connectivity index (χ0n) is 9.84. The molecule has 2 rings (SSSR count). The molecule has 1 aromatic carbocycles. The first-order chi connectivity index (χ1) is 8.70. The van der Waals surface area contributed by atoms with E-state index in [1.54, 1.807) is 7.05 Å². The van der Waals surface area contributed by atoms with Crippen molar-refractivity contribution in [2.45, 2.75) is 6.61 Å². The third kappa shape index (κ3) is 2.60. The van der Waals surface area contributed by atoms with E-state index in [2.05, 4.69) is 10.3 Å². The van der Waals surface area contributed by atoms with Crippen LogP contribution in [0.15, 0.2) is 46.0 Å². The van der Waals surface area contributed by atoms with Gasteiger partial charge in [-0.25, -0.2) is 4.79 Å². The van der Waals surface area contributed by atoms with Gasteiger partial charge in [0.15, 0.2) is 0 Å². The average Bonchev–Trinajstić information content (AvgIpc) is 2.38. The SMILES string of the molecule is CNc1cc(=O)n(OCc2ccccc2)c(=O)[nH]1. The van der Waals surface area contributed by atoms with Gasteiger partial charge in [-0.1, -0.05) is 35.1 Å². The maximum absolute atomic E-state index is 11.6. The number of benzene rings is 1. The van der Waals surface area contributed by atoms with Crippen LogP contribution in [0.5, 0.6) is 0 Å². The summed E-state index contributed by atoms with van der Waals surface area (Å²) in [7, 11) is 1.61. The zero-order chi connectivity index (χ0) is 13.0. The molecule has 0 unspecified atom stereocenters. The quantitative estimate of drug-likeness (QED) is 0.809. The van der Waals surface area contributed by atoms with Crippen LogP contribution in [-0.2, 0) is 6.61 Å². The predicted molar refractivity (Wildman–Crippen MR) is 67.6 cm³/mol. The van der Waals surface area contributed by atoms with Crippen LogP contribution >= 0.6 is 0 Å². The van der Waals surface area contributed by atoms with E-state index in [0.29, 0.717) is 10.5 Å². The van der Waals surface area contributed by atoms with Gasteiger partial charge in [0, 0.05) is 13.1 Å². The maximum Gasteiger partial charge on any atom is 0.363 e. The molecule has 94 valence electrons. The molecule has 6 nitrogen and oxygen atoms in total. The number of anilines is 1. The van der Waals surface area contributed by atoms with Gasteiger partial charge < -0.3 is 10.2 Å². The number of hydrogen-bond acceptors (Lipinski definition) is 4. The molecule has 0 amide bonds. The van der Waals surface area contributed by atoms with Crippen molar-refractivity contribution in [2.24, 2.45) is 0 Å². The summed E-state index contributed by atoms with van der Waals surface area (Å²) in [5.41, 5.74) is -0.247. The summed E-state index contributed by atoms with van der Waals surface area (Å²) in [6.07, 6.45) is 0. The normalized spacial score (nSPS) is 10.1. The van der Waals surface area contributed by atoms with E-state index in [-0.39, 0.29) is 6.61 Å². The molecular weight excluding hydrogens is 234 g/mol. The standard InChI is InChI=1S/C12H13N3O3/c1-13-10-7-11(16)15(12(17)14-10)18-8-9-5-3-2-4-6-9/h2-7,13H,8H2,1H3,(H,14,17). The average molecular weight is 247 g/mol. The number of nitrogens with one attached hydrogen (secondary N) is 2. The van der Waals surface area contributed by atoms with Crippen LogP contribution in [0, 0.1) is 0 Å². The Bertz CT molecular complexity index is 600. The molecule has 0 aliphatic heterocycles. The van der Waals surface area contributed by atoms with Crippen molar-refractivity contribution in [2.75, 3.05) is 12.4 Å². The highest BCUT2D eigenvalue weighted by atomic mass is 16.7. The summed E-state index contributed by atoms with van der Waals surface area (Å²) in [6, 6.07) is 10.5. The van der Waals surface area contributed by atoms with Crippen molar-refractivity contribution < 1.29 is 4.84 Å². The smallest absolute Gasteiger partial charge is 0.363 e. The molecule has 0 aliphatic carbocycles. The van der Waals surface area contributed by atoms with E-state index in [9.17, 15) is 9.59 Å². The van der Waals surface area contributed by atoms with Crippen LogP contribution in [0.4, 0.5) is 5.82 Å². The minimum Gasteiger partial charge on any atom is -0.401 e. The van der Waals surface area contributed by atoms with Crippen LogP contribution in [0.25, 0.3) is 0 Å². The third-order valence-electron chi connectivity index (χ3n) is 2.37. The lowest BCUT2D eigenvalue weighted by molar-refractivity contribution is 0.0792. The molecule has 1 heterocycles. The number of H-pyrrole nitrogens is 1. The number of nitrogens with zero attached hydrogens (tertiary/aromatic N) is 1. The molecule has 0 atom stereocenters. The van der Waals surface area contributed by atoms with Crippen molar-refractivity contribution in [1.82, 2.24) is 9.71 Å². The number of hydrogen-bond donors (Lipinski definition) is 2. The highest BCUT2D eigenvalue weighted by molar-refractivity contribution is 5.30. The topological polar surface area (TPSA) is 76.1 Å². The van der Waals surface area contributed by atoms with Gasteiger partial charge in [-0.05, 0) is 5.56 Å². The number of aromatic nitrogens is 2. The molecule has 2 aromatic rings. The summed E-state index contributed by atoms with van der Waals surface area (Å²) in [5.74, 6) is 0.351. The second-order valence-electron chi connectivity index (χ2n) is 3.63. The van der Waals surface area contributed by atoms with Crippen molar-refractivity contribution in [1.29, 1.82) is 0 Å². The fourth-order valence-electron chi connectivity index (χ4n) is 1.45. The Morgan fingerprint density at radius 2 is 2.00 bits per heavy atom.